The maximum Gasteiger partial charge on any atom is 0.269 e. The number of ether oxygens (including phenoxy) is 1. The van der Waals surface area contributed by atoms with E-state index in [9.17, 15) is 19.7 Å². The Labute approximate surface area is 194 Å². The van der Waals surface area contributed by atoms with Crippen molar-refractivity contribution in [3.8, 4) is 5.75 Å². The SMILES string of the molecule is O=C(CC(=O)Nc1ccc(Cl)cc1)NN=Cc1ccc(OCc2ccc([N+](=O)[O-])cc2)cc1. The molecule has 0 aliphatic heterocycles. The van der Waals surface area contributed by atoms with Crippen LogP contribution in [0.5, 0.6) is 5.75 Å². The summed E-state index contributed by atoms with van der Waals surface area (Å²) in [6.07, 6.45) is 1.06. The lowest BCUT2D eigenvalue weighted by atomic mass is 10.2. The largest absolute Gasteiger partial charge is 0.489 e. The molecule has 0 spiro atoms. The average molecular weight is 467 g/mol. The van der Waals surface area contributed by atoms with Crippen molar-refractivity contribution >= 4 is 41.0 Å². The highest BCUT2D eigenvalue weighted by molar-refractivity contribution is 6.30. The number of carbonyl (C=O) groups excluding carboxylic acids is 2. The molecule has 33 heavy (non-hydrogen) atoms. The van der Waals surface area contributed by atoms with E-state index in [2.05, 4.69) is 15.8 Å². The minimum absolute atomic E-state index is 0.0247. The Morgan fingerprint density at radius 3 is 2.27 bits per heavy atom. The third kappa shape index (κ3) is 7.75. The molecule has 0 aliphatic rings. The van der Waals surface area contributed by atoms with Gasteiger partial charge < -0.3 is 10.1 Å². The molecule has 2 N–H and O–H groups in total. The van der Waals surface area contributed by atoms with Crippen molar-refractivity contribution in [3.63, 3.8) is 0 Å². The molecule has 0 saturated heterocycles. The molecule has 3 rings (SSSR count). The molecule has 0 fully saturated rings. The van der Waals surface area contributed by atoms with Crippen LogP contribution < -0.4 is 15.5 Å². The second-order valence-electron chi connectivity index (χ2n) is 6.81. The quantitative estimate of drug-likeness (QED) is 0.210. The number of hydrogen-bond acceptors (Lipinski definition) is 6. The maximum absolute atomic E-state index is 11.9. The summed E-state index contributed by atoms with van der Waals surface area (Å²) in [5.41, 5.74) is 4.37. The molecule has 2 amide bonds. The Kier molecular flexibility index (Phi) is 8.09. The van der Waals surface area contributed by atoms with E-state index in [1.54, 1.807) is 60.7 Å². The van der Waals surface area contributed by atoms with Gasteiger partial charge in [-0.25, -0.2) is 5.43 Å². The number of amides is 2. The summed E-state index contributed by atoms with van der Waals surface area (Å²) in [6, 6.07) is 19.6. The molecule has 0 unspecified atom stereocenters. The van der Waals surface area contributed by atoms with Crippen molar-refractivity contribution in [2.75, 3.05) is 5.32 Å². The highest BCUT2D eigenvalue weighted by Gasteiger charge is 2.09. The molecule has 3 aromatic carbocycles. The van der Waals surface area contributed by atoms with Crippen molar-refractivity contribution in [3.05, 3.63) is 99.1 Å². The molecular formula is C23H19ClN4O5. The zero-order valence-corrected chi connectivity index (χ0v) is 18.0. The lowest BCUT2D eigenvalue weighted by molar-refractivity contribution is -0.384. The van der Waals surface area contributed by atoms with Gasteiger partial charge in [-0.05, 0) is 71.8 Å². The molecule has 168 valence electrons. The molecule has 0 atom stereocenters. The van der Waals surface area contributed by atoms with Crippen LogP contribution in [0.4, 0.5) is 11.4 Å². The highest BCUT2D eigenvalue weighted by atomic mass is 35.5. The standard InChI is InChI=1S/C23H19ClN4O5/c24-18-5-7-19(8-6-18)26-22(29)13-23(30)27-25-14-16-3-11-21(12-4-16)33-15-17-1-9-20(10-2-17)28(31)32/h1-12,14H,13,15H2,(H,26,29)(H,27,30). The van der Waals surface area contributed by atoms with Crippen LogP contribution in [0.15, 0.2) is 77.9 Å². The predicted molar refractivity (Wildman–Crippen MR) is 124 cm³/mol. The Balaban J connectivity index is 1.41. The Morgan fingerprint density at radius 2 is 1.64 bits per heavy atom. The van der Waals surface area contributed by atoms with Crippen LogP contribution in [-0.4, -0.2) is 23.0 Å². The van der Waals surface area contributed by atoms with Gasteiger partial charge >= 0.3 is 0 Å². The van der Waals surface area contributed by atoms with E-state index in [4.69, 9.17) is 16.3 Å². The molecular weight excluding hydrogens is 448 g/mol. The number of hydrogen-bond donors (Lipinski definition) is 2. The number of rotatable bonds is 9. The van der Waals surface area contributed by atoms with E-state index in [1.165, 1.54) is 18.3 Å². The van der Waals surface area contributed by atoms with Gasteiger partial charge in [0.25, 0.3) is 5.69 Å². The highest BCUT2D eigenvalue weighted by Crippen LogP contribution is 2.16. The van der Waals surface area contributed by atoms with E-state index in [-0.39, 0.29) is 18.7 Å². The van der Waals surface area contributed by atoms with E-state index in [0.717, 1.165) is 5.56 Å². The number of nitrogens with zero attached hydrogens (tertiary/aromatic N) is 2. The smallest absolute Gasteiger partial charge is 0.269 e. The van der Waals surface area contributed by atoms with Crippen molar-refractivity contribution in [1.29, 1.82) is 0 Å². The summed E-state index contributed by atoms with van der Waals surface area (Å²) < 4.78 is 5.65. The van der Waals surface area contributed by atoms with Gasteiger partial charge in [-0.2, -0.15) is 5.10 Å². The van der Waals surface area contributed by atoms with Crippen LogP contribution in [0.1, 0.15) is 17.5 Å². The number of non-ortho nitro benzene ring substituents is 1. The van der Waals surface area contributed by atoms with Crippen LogP contribution in [0.2, 0.25) is 5.02 Å². The van der Waals surface area contributed by atoms with Gasteiger partial charge in [0.1, 0.15) is 18.8 Å². The number of anilines is 1. The van der Waals surface area contributed by atoms with Gasteiger partial charge in [0.2, 0.25) is 11.8 Å². The molecule has 0 saturated carbocycles. The zero-order chi connectivity index (χ0) is 23.6. The zero-order valence-electron chi connectivity index (χ0n) is 17.2. The van der Waals surface area contributed by atoms with Crippen LogP contribution in [-0.2, 0) is 16.2 Å². The molecule has 10 heteroatoms. The fourth-order valence-electron chi connectivity index (χ4n) is 2.63. The summed E-state index contributed by atoms with van der Waals surface area (Å²) in [6.45, 7) is 0.263. The minimum Gasteiger partial charge on any atom is -0.489 e. The minimum atomic E-state index is -0.555. The summed E-state index contributed by atoms with van der Waals surface area (Å²) in [7, 11) is 0. The normalized spacial score (nSPS) is 10.6. The summed E-state index contributed by atoms with van der Waals surface area (Å²) >= 11 is 5.78. The van der Waals surface area contributed by atoms with E-state index < -0.39 is 16.7 Å². The lowest BCUT2D eigenvalue weighted by Crippen LogP contribution is -2.24. The monoisotopic (exact) mass is 466 g/mol. The lowest BCUT2D eigenvalue weighted by Gasteiger charge is -2.06. The fourth-order valence-corrected chi connectivity index (χ4v) is 2.76. The number of carbonyl (C=O) groups is 2. The molecule has 9 nitrogen and oxygen atoms in total. The van der Waals surface area contributed by atoms with E-state index >= 15 is 0 Å². The van der Waals surface area contributed by atoms with Gasteiger partial charge in [0, 0.05) is 22.8 Å². The third-order valence-electron chi connectivity index (χ3n) is 4.28. The molecule has 0 aliphatic carbocycles. The van der Waals surface area contributed by atoms with E-state index in [0.29, 0.717) is 22.0 Å². The van der Waals surface area contributed by atoms with Crippen molar-refractivity contribution < 1.29 is 19.2 Å². The molecule has 0 bridgehead atoms. The fraction of sp³-hybridized carbons (Fsp3) is 0.0870. The van der Waals surface area contributed by atoms with E-state index in [1.807, 2.05) is 0 Å². The Hall–Kier alpha value is -4.24. The second-order valence-corrected chi connectivity index (χ2v) is 7.24. The number of nitrogens with one attached hydrogen (secondary N) is 2. The van der Waals surface area contributed by atoms with Gasteiger partial charge in [-0.3, -0.25) is 19.7 Å². The van der Waals surface area contributed by atoms with Crippen molar-refractivity contribution in [1.82, 2.24) is 5.43 Å². The van der Waals surface area contributed by atoms with Crippen LogP contribution in [0, 0.1) is 10.1 Å². The average Bonchev–Trinajstić information content (AvgIpc) is 2.80. The summed E-state index contributed by atoms with van der Waals surface area (Å²) in [5.74, 6) is -0.422. The van der Waals surface area contributed by atoms with Crippen molar-refractivity contribution in [2.45, 2.75) is 13.0 Å². The summed E-state index contributed by atoms with van der Waals surface area (Å²) in [4.78, 5) is 34.0. The Morgan fingerprint density at radius 1 is 0.970 bits per heavy atom. The van der Waals surface area contributed by atoms with Crippen molar-refractivity contribution in [2.24, 2.45) is 5.10 Å². The topological polar surface area (TPSA) is 123 Å². The van der Waals surface area contributed by atoms with Crippen LogP contribution in [0.3, 0.4) is 0 Å². The molecule has 0 aromatic heterocycles. The van der Waals surface area contributed by atoms with Crippen LogP contribution in [0.25, 0.3) is 0 Å². The number of nitro groups is 1. The second kappa shape index (κ2) is 11.4. The van der Waals surface area contributed by atoms with Gasteiger partial charge in [0.05, 0.1) is 11.1 Å². The molecule has 0 radical (unpaired) electrons. The Bertz CT molecular complexity index is 1150. The summed E-state index contributed by atoms with van der Waals surface area (Å²) in [5, 5.41) is 17.7. The number of benzene rings is 3. The first-order chi connectivity index (χ1) is 15.9. The third-order valence-corrected chi connectivity index (χ3v) is 4.54. The van der Waals surface area contributed by atoms with Gasteiger partial charge in [-0.1, -0.05) is 11.6 Å². The number of hydrazone groups is 1. The molecule has 3 aromatic rings. The first-order valence-corrected chi connectivity index (χ1v) is 10.1. The van der Waals surface area contributed by atoms with Gasteiger partial charge in [0.15, 0.2) is 0 Å². The first-order valence-electron chi connectivity index (χ1n) is 9.72. The first kappa shape index (κ1) is 23.4. The number of halogens is 1. The van der Waals surface area contributed by atoms with Gasteiger partial charge in [-0.15, -0.1) is 0 Å². The maximum atomic E-state index is 11.9. The van der Waals surface area contributed by atoms with Crippen LogP contribution >= 0.6 is 11.6 Å². The molecule has 0 heterocycles. The predicted octanol–water partition coefficient (Wildman–Crippen LogP) is 4.31. The number of nitro benzene ring substituents is 1.